The Labute approximate surface area is 98.0 Å². The van der Waals surface area contributed by atoms with Crippen molar-refractivity contribution in [3.63, 3.8) is 0 Å². The van der Waals surface area contributed by atoms with Crippen molar-refractivity contribution in [3.05, 3.63) is 42.2 Å². The van der Waals surface area contributed by atoms with Gasteiger partial charge in [0.2, 0.25) is 0 Å². The van der Waals surface area contributed by atoms with Crippen LogP contribution in [0.25, 0.3) is 11.4 Å². The van der Waals surface area contributed by atoms with Gasteiger partial charge in [-0.15, -0.1) is 0 Å². The highest BCUT2D eigenvalue weighted by molar-refractivity contribution is 5.55. The van der Waals surface area contributed by atoms with Gasteiger partial charge >= 0.3 is 0 Å². The molecular weight excluding hydrogens is 196 g/mol. The van der Waals surface area contributed by atoms with E-state index in [1.807, 2.05) is 39.1 Å². The van der Waals surface area contributed by atoms with Crippen LogP contribution in [0.3, 0.4) is 0 Å². The Morgan fingerprint density at radius 3 is 2.25 bits per heavy atom. The number of nitrogens with zero attached hydrogens (tertiary/aromatic N) is 2. The van der Waals surface area contributed by atoms with Gasteiger partial charge in [0.15, 0.2) is 0 Å². The van der Waals surface area contributed by atoms with Crippen LogP contribution in [0.5, 0.6) is 0 Å². The Kier molecular flexibility index (Phi) is 4.77. The normalized spacial score (nSPS) is 9.50. The van der Waals surface area contributed by atoms with Gasteiger partial charge in [-0.3, -0.25) is 0 Å². The molecule has 0 bridgehead atoms. The summed E-state index contributed by atoms with van der Waals surface area (Å²) in [6.07, 6.45) is 3.07. The molecule has 1 heterocycles. The van der Waals surface area contributed by atoms with Crippen molar-refractivity contribution in [3.8, 4) is 11.4 Å². The summed E-state index contributed by atoms with van der Waals surface area (Å²) >= 11 is 0. The molecule has 0 unspecified atom stereocenters. The van der Waals surface area contributed by atoms with Crippen molar-refractivity contribution in [2.45, 2.75) is 27.2 Å². The molecule has 0 fully saturated rings. The number of hydrogen-bond acceptors (Lipinski definition) is 1. The highest BCUT2D eigenvalue weighted by atomic mass is 15.0. The lowest BCUT2D eigenvalue weighted by atomic mass is 10.2. The van der Waals surface area contributed by atoms with Crippen LogP contribution in [0.15, 0.2) is 36.5 Å². The van der Waals surface area contributed by atoms with Crippen molar-refractivity contribution in [2.75, 3.05) is 0 Å². The van der Waals surface area contributed by atoms with E-state index in [2.05, 4.69) is 34.8 Å². The molecule has 0 atom stereocenters. The molecule has 1 aromatic heterocycles. The number of benzene rings is 1. The van der Waals surface area contributed by atoms with Crippen LogP contribution in [0.4, 0.5) is 0 Å². The number of aryl methyl sites for hydroxylation is 2. The van der Waals surface area contributed by atoms with Crippen molar-refractivity contribution >= 4 is 0 Å². The monoisotopic (exact) mass is 216 g/mol. The fourth-order valence-electron chi connectivity index (χ4n) is 1.55. The molecule has 1 aromatic carbocycles. The Balaban J connectivity index is 0.000000606. The van der Waals surface area contributed by atoms with Crippen LogP contribution in [0.2, 0.25) is 0 Å². The van der Waals surface area contributed by atoms with E-state index in [4.69, 9.17) is 0 Å². The summed E-state index contributed by atoms with van der Waals surface area (Å²) < 4.78 is 2.08. The lowest BCUT2D eigenvalue weighted by Gasteiger charge is -1.99. The quantitative estimate of drug-likeness (QED) is 0.749. The Hall–Kier alpha value is -1.57. The predicted molar refractivity (Wildman–Crippen MR) is 69.4 cm³/mol. The second-order valence-corrected chi connectivity index (χ2v) is 3.39. The number of hydrogen-bond donors (Lipinski definition) is 0. The molecule has 0 saturated carbocycles. The van der Waals surface area contributed by atoms with Gasteiger partial charge in [0.05, 0.1) is 5.69 Å². The molecular formula is C14H20N2. The first-order chi connectivity index (χ1) is 7.81. The summed E-state index contributed by atoms with van der Waals surface area (Å²) in [5, 5.41) is 0. The van der Waals surface area contributed by atoms with Gasteiger partial charge in [0.25, 0.3) is 0 Å². The maximum atomic E-state index is 4.56. The van der Waals surface area contributed by atoms with E-state index >= 15 is 0 Å². The molecule has 0 aliphatic rings. The molecule has 0 amide bonds. The molecule has 2 aromatic rings. The SMILES string of the molecule is CC.CCc1cn(C)c(-c2ccccc2)n1. The molecule has 2 heteroatoms. The fraction of sp³-hybridized carbons (Fsp3) is 0.357. The zero-order valence-corrected chi connectivity index (χ0v) is 10.6. The summed E-state index contributed by atoms with van der Waals surface area (Å²) in [7, 11) is 2.04. The van der Waals surface area contributed by atoms with Gasteiger partial charge in [-0.05, 0) is 6.42 Å². The average Bonchev–Trinajstić information content (AvgIpc) is 2.74. The molecule has 2 nitrogen and oxygen atoms in total. The lowest BCUT2D eigenvalue weighted by molar-refractivity contribution is 0.922. The summed E-state index contributed by atoms with van der Waals surface area (Å²) in [5.74, 6) is 1.04. The van der Waals surface area contributed by atoms with E-state index < -0.39 is 0 Å². The topological polar surface area (TPSA) is 17.8 Å². The molecule has 0 N–H and O–H groups in total. The smallest absolute Gasteiger partial charge is 0.139 e. The zero-order valence-electron chi connectivity index (χ0n) is 10.6. The first kappa shape index (κ1) is 12.5. The summed E-state index contributed by atoms with van der Waals surface area (Å²) in [6.45, 7) is 6.12. The summed E-state index contributed by atoms with van der Waals surface area (Å²) in [5.41, 5.74) is 2.32. The van der Waals surface area contributed by atoms with Crippen LogP contribution >= 0.6 is 0 Å². The molecule has 0 saturated heterocycles. The van der Waals surface area contributed by atoms with Crippen molar-refractivity contribution in [1.82, 2.24) is 9.55 Å². The van der Waals surface area contributed by atoms with Crippen LogP contribution in [0, 0.1) is 0 Å². The highest BCUT2D eigenvalue weighted by Crippen LogP contribution is 2.17. The van der Waals surface area contributed by atoms with E-state index in [1.165, 1.54) is 5.56 Å². The van der Waals surface area contributed by atoms with Gasteiger partial charge in [-0.2, -0.15) is 0 Å². The minimum atomic E-state index is 0.987. The third kappa shape index (κ3) is 2.72. The highest BCUT2D eigenvalue weighted by Gasteiger charge is 2.04. The molecule has 16 heavy (non-hydrogen) atoms. The second kappa shape index (κ2) is 6.11. The molecule has 0 aliphatic carbocycles. The average molecular weight is 216 g/mol. The zero-order chi connectivity index (χ0) is 12.0. The molecule has 0 aliphatic heterocycles. The maximum absolute atomic E-state index is 4.56. The van der Waals surface area contributed by atoms with E-state index in [9.17, 15) is 0 Å². The maximum Gasteiger partial charge on any atom is 0.139 e. The van der Waals surface area contributed by atoms with Crippen LogP contribution < -0.4 is 0 Å². The number of rotatable bonds is 2. The Morgan fingerprint density at radius 1 is 1.12 bits per heavy atom. The third-order valence-electron chi connectivity index (χ3n) is 2.32. The van der Waals surface area contributed by atoms with E-state index in [0.29, 0.717) is 0 Å². The van der Waals surface area contributed by atoms with Crippen LogP contribution in [-0.4, -0.2) is 9.55 Å². The van der Waals surface area contributed by atoms with Crippen molar-refractivity contribution < 1.29 is 0 Å². The summed E-state index contributed by atoms with van der Waals surface area (Å²) in [6, 6.07) is 10.3. The first-order valence-corrected chi connectivity index (χ1v) is 5.89. The first-order valence-electron chi connectivity index (χ1n) is 5.89. The fourth-order valence-corrected chi connectivity index (χ4v) is 1.55. The van der Waals surface area contributed by atoms with Crippen LogP contribution in [-0.2, 0) is 13.5 Å². The Bertz CT molecular complexity index is 416. The number of aromatic nitrogens is 2. The number of imidazole rings is 1. The van der Waals surface area contributed by atoms with E-state index in [-0.39, 0.29) is 0 Å². The Morgan fingerprint density at radius 2 is 1.75 bits per heavy atom. The van der Waals surface area contributed by atoms with Crippen molar-refractivity contribution in [2.24, 2.45) is 7.05 Å². The van der Waals surface area contributed by atoms with Crippen molar-refractivity contribution in [1.29, 1.82) is 0 Å². The van der Waals surface area contributed by atoms with Gasteiger partial charge in [0, 0.05) is 18.8 Å². The van der Waals surface area contributed by atoms with E-state index in [1.54, 1.807) is 0 Å². The van der Waals surface area contributed by atoms with Gasteiger partial charge < -0.3 is 4.57 Å². The predicted octanol–water partition coefficient (Wildman–Crippen LogP) is 3.68. The molecule has 0 spiro atoms. The molecule has 86 valence electrons. The van der Waals surface area contributed by atoms with Gasteiger partial charge in [0.1, 0.15) is 5.82 Å². The van der Waals surface area contributed by atoms with Gasteiger partial charge in [-0.1, -0.05) is 51.1 Å². The third-order valence-corrected chi connectivity index (χ3v) is 2.32. The summed E-state index contributed by atoms with van der Waals surface area (Å²) in [4.78, 5) is 4.56. The van der Waals surface area contributed by atoms with E-state index in [0.717, 1.165) is 17.9 Å². The standard InChI is InChI=1S/C12H14N2.C2H6/c1-3-11-9-14(2)12(13-11)10-7-5-4-6-8-10;1-2/h4-9H,3H2,1-2H3;1-2H3. The lowest BCUT2D eigenvalue weighted by Crippen LogP contribution is -1.89. The molecule has 0 radical (unpaired) electrons. The minimum absolute atomic E-state index is 0.987. The van der Waals surface area contributed by atoms with Gasteiger partial charge in [-0.25, -0.2) is 4.98 Å². The largest absolute Gasteiger partial charge is 0.334 e. The van der Waals surface area contributed by atoms with Crippen LogP contribution in [0.1, 0.15) is 26.5 Å². The minimum Gasteiger partial charge on any atom is -0.334 e. The second-order valence-electron chi connectivity index (χ2n) is 3.39. The molecule has 2 rings (SSSR count).